The van der Waals surface area contributed by atoms with Crippen molar-refractivity contribution >= 4 is 23.1 Å². The molecule has 2 amide bonds. The number of benzene rings is 1. The Morgan fingerprint density at radius 3 is 2.56 bits per heavy atom. The van der Waals surface area contributed by atoms with E-state index < -0.39 is 0 Å². The van der Waals surface area contributed by atoms with E-state index in [0.717, 1.165) is 50.1 Å². The van der Waals surface area contributed by atoms with Crippen LogP contribution < -0.4 is 20.3 Å². The first-order chi connectivity index (χ1) is 16.5. The number of nitrogens with one attached hydrogen (secondary N) is 2. The third-order valence-electron chi connectivity index (χ3n) is 7.06. The van der Waals surface area contributed by atoms with Crippen LogP contribution in [0.5, 0.6) is 5.88 Å². The highest BCUT2D eigenvalue weighted by molar-refractivity contribution is 5.99. The van der Waals surface area contributed by atoms with E-state index in [4.69, 9.17) is 4.74 Å². The van der Waals surface area contributed by atoms with Crippen molar-refractivity contribution in [2.24, 2.45) is 0 Å². The number of rotatable bonds is 9. The van der Waals surface area contributed by atoms with Crippen molar-refractivity contribution in [1.29, 1.82) is 0 Å². The van der Waals surface area contributed by atoms with Gasteiger partial charge in [0.2, 0.25) is 5.88 Å². The highest BCUT2D eigenvalue weighted by atomic mass is 16.5. The van der Waals surface area contributed by atoms with Crippen molar-refractivity contribution in [1.82, 2.24) is 9.88 Å². The van der Waals surface area contributed by atoms with Crippen LogP contribution in [0.2, 0.25) is 0 Å². The van der Waals surface area contributed by atoms with E-state index in [-0.39, 0.29) is 20.2 Å². The van der Waals surface area contributed by atoms with Gasteiger partial charge in [-0.3, -0.25) is 4.90 Å². The molecule has 1 aliphatic carbocycles. The normalized spacial score (nSPS) is 19.4. The van der Waals surface area contributed by atoms with Crippen molar-refractivity contribution in [3.8, 4) is 5.88 Å². The van der Waals surface area contributed by atoms with E-state index in [0.29, 0.717) is 23.7 Å². The van der Waals surface area contributed by atoms with Gasteiger partial charge in [-0.1, -0.05) is 0 Å². The molecule has 8 nitrogen and oxygen atoms in total. The molecule has 3 N–H and O–H groups in total. The largest absolute Gasteiger partial charge is 0.474 e. The van der Waals surface area contributed by atoms with Gasteiger partial charge in [0.1, 0.15) is 6.10 Å². The van der Waals surface area contributed by atoms with E-state index in [1.165, 1.54) is 12.8 Å². The lowest BCUT2D eigenvalue weighted by atomic mass is 10.1. The molecule has 1 saturated carbocycles. The summed E-state index contributed by atoms with van der Waals surface area (Å²) in [6.07, 6.45) is 8.38. The molecule has 186 valence electrons. The van der Waals surface area contributed by atoms with Crippen molar-refractivity contribution in [3.05, 3.63) is 42.6 Å². The third kappa shape index (κ3) is 6.39. The molecule has 4 rings (SSSR count). The van der Waals surface area contributed by atoms with E-state index >= 15 is 0 Å². The molecule has 0 radical (unpaired) electrons. The van der Waals surface area contributed by atoms with Gasteiger partial charge in [-0.2, -0.15) is 0 Å². The van der Waals surface area contributed by atoms with Crippen molar-refractivity contribution in [2.45, 2.75) is 63.6 Å². The summed E-state index contributed by atoms with van der Waals surface area (Å²) in [7, 11) is 2.14. The molecule has 8 heteroatoms. The molecule has 2 atom stereocenters. The Morgan fingerprint density at radius 2 is 1.88 bits per heavy atom. The number of aliphatic hydroxyl groups is 1. The fraction of sp³-hybridized carbons (Fsp3) is 0.538. The molecule has 1 saturated heterocycles. The summed E-state index contributed by atoms with van der Waals surface area (Å²) in [6.45, 7) is 4.36. The minimum absolute atomic E-state index is 0. The van der Waals surface area contributed by atoms with Crippen LogP contribution in [0, 0.1) is 0 Å². The molecular weight excluding hydrogens is 430 g/mol. The first-order valence-electron chi connectivity index (χ1n) is 12.4. The molecule has 1 aliphatic heterocycles. The maximum atomic E-state index is 12.4. The second-order valence-electron chi connectivity index (χ2n) is 9.45. The van der Waals surface area contributed by atoms with Gasteiger partial charge in [0, 0.05) is 50.6 Å². The van der Waals surface area contributed by atoms with Crippen molar-refractivity contribution < 1.29 is 16.1 Å². The summed E-state index contributed by atoms with van der Waals surface area (Å²) in [5.74, 6) is 0.603. The van der Waals surface area contributed by atoms with Gasteiger partial charge >= 0.3 is 6.03 Å². The molecule has 2 aliphatic rings. The average Bonchev–Trinajstić information content (AvgIpc) is 3.53. The molecule has 2 fully saturated rings. The maximum Gasteiger partial charge on any atom is 0.323 e. The number of pyridine rings is 1. The van der Waals surface area contributed by atoms with Gasteiger partial charge in [-0.05, 0) is 82.8 Å². The van der Waals surface area contributed by atoms with Crippen LogP contribution in [0.4, 0.5) is 21.9 Å². The summed E-state index contributed by atoms with van der Waals surface area (Å²) in [5, 5.41) is 14.9. The number of aliphatic hydroxyl groups excluding tert-OH is 1. The van der Waals surface area contributed by atoms with E-state index in [1.807, 2.05) is 30.3 Å². The maximum absolute atomic E-state index is 12.4. The summed E-state index contributed by atoms with van der Waals surface area (Å²) < 4.78 is 5.87. The lowest BCUT2D eigenvalue weighted by molar-refractivity contribution is 0.159. The quantitative estimate of drug-likeness (QED) is 0.498. The van der Waals surface area contributed by atoms with Crippen LogP contribution in [0.1, 0.15) is 46.9 Å². The second kappa shape index (κ2) is 11.5. The fourth-order valence-corrected chi connectivity index (χ4v) is 4.81. The summed E-state index contributed by atoms with van der Waals surface area (Å²) in [4.78, 5) is 21.5. The highest BCUT2D eigenvalue weighted by Crippen LogP contribution is 2.26. The monoisotopic (exact) mass is 469 g/mol. The number of carbonyl (C=O) groups excluding carboxylic acids is 1. The Balaban J connectivity index is 0.00000342. The first-order valence-corrected chi connectivity index (χ1v) is 12.4. The zero-order valence-corrected chi connectivity index (χ0v) is 20.2. The number of urea groups is 1. The Bertz CT molecular complexity index is 922. The number of anilines is 3. The number of hydrogen-bond donors (Lipinski definition) is 3. The number of nitrogens with zero attached hydrogens (tertiary/aromatic N) is 3. The average molecular weight is 470 g/mol. The molecule has 2 aromatic rings. The Kier molecular flexibility index (Phi) is 8.24. The predicted molar refractivity (Wildman–Crippen MR) is 138 cm³/mol. The molecular formula is C26H39N5O3. The Hall–Kier alpha value is -2.84. The lowest BCUT2D eigenvalue weighted by Crippen LogP contribution is -2.40. The third-order valence-corrected chi connectivity index (χ3v) is 7.06. The van der Waals surface area contributed by atoms with Gasteiger partial charge in [0.05, 0.1) is 11.9 Å². The van der Waals surface area contributed by atoms with E-state index in [1.54, 1.807) is 12.3 Å². The summed E-state index contributed by atoms with van der Waals surface area (Å²) >= 11 is 0. The molecule has 1 aromatic heterocycles. The van der Waals surface area contributed by atoms with Gasteiger partial charge in [0.15, 0.2) is 0 Å². The molecule has 1 aromatic carbocycles. The van der Waals surface area contributed by atoms with E-state index in [9.17, 15) is 9.90 Å². The van der Waals surface area contributed by atoms with Crippen LogP contribution in [0.3, 0.4) is 0 Å². The minimum Gasteiger partial charge on any atom is -0.474 e. The number of aromatic nitrogens is 1. The Morgan fingerprint density at radius 1 is 1.18 bits per heavy atom. The predicted octanol–water partition coefficient (Wildman–Crippen LogP) is 4.57. The molecule has 2 unspecified atom stereocenters. The zero-order valence-electron chi connectivity index (χ0n) is 20.2. The zero-order chi connectivity index (χ0) is 23.9. The number of amides is 2. The standard InChI is InChI=1S/C26H37N5O3.H2/c1-19(14-16-32)30(2)23-13-15-31(18-23)22-10-7-20(8-11-22)28-26(33)29-21-9-12-25(27-17-21)34-24-5-3-4-6-24;/h7-12,17,19,23-24,32H,3-6,13-16,18H2,1-2H3,(H2,28,29,33);1H. The van der Waals surface area contributed by atoms with Crippen LogP contribution >= 0.6 is 0 Å². The van der Waals surface area contributed by atoms with Gasteiger partial charge in [-0.25, -0.2) is 9.78 Å². The summed E-state index contributed by atoms with van der Waals surface area (Å²) in [5.41, 5.74) is 2.51. The van der Waals surface area contributed by atoms with Gasteiger partial charge < -0.3 is 25.4 Å². The molecule has 2 heterocycles. The van der Waals surface area contributed by atoms with Crippen LogP contribution in [0.15, 0.2) is 42.6 Å². The molecule has 34 heavy (non-hydrogen) atoms. The summed E-state index contributed by atoms with van der Waals surface area (Å²) in [6, 6.07) is 12.1. The van der Waals surface area contributed by atoms with Gasteiger partial charge in [0.25, 0.3) is 0 Å². The number of hydrogen-bond acceptors (Lipinski definition) is 6. The topological polar surface area (TPSA) is 90.0 Å². The molecule has 0 spiro atoms. The van der Waals surface area contributed by atoms with Gasteiger partial charge in [-0.15, -0.1) is 0 Å². The highest BCUT2D eigenvalue weighted by Gasteiger charge is 2.28. The fourth-order valence-electron chi connectivity index (χ4n) is 4.81. The number of likely N-dealkylation sites (N-methyl/N-ethyl adjacent to an activating group) is 1. The first kappa shape index (κ1) is 24.3. The minimum atomic E-state index is -0.306. The van der Waals surface area contributed by atoms with Crippen molar-refractivity contribution in [3.63, 3.8) is 0 Å². The van der Waals surface area contributed by atoms with Crippen molar-refractivity contribution in [2.75, 3.05) is 42.3 Å². The van der Waals surface area contributed by atoms with E-state index in [2.05, 4.69) is 39.4 Å². The van der Waals surface area contributed by atoms with Crippen LogP contribution in [-0.2, 0) is 0 Å². The smallest absolute Gasteiger partial charge is 0.323 e. The van der Waals surface area contributed by atoms with Crippen LogP contribution in [0.25, 0.3) is 0 Å². The molecule has 0 bridgehead atoms. The number of ether oxygens (including phenoxy) is 1. The second-order valence-corrected chi connectivity index (χ2v) is 9.45. The lowest BCUT2D eigenvalue weighted by Gasteiger charge is -2.30. The number of carbonyl (C=O) groups is 1. The Labute approximate surface area is 203 Å². The van der Waals surface area contributed by atoms with Crippen LogP contribution in [-0.4, -0.2) is 66.0 Å². The SMILES string of the molecule is CC(CCO)N(C)C1CCN(c2ccc(NC(=O)Nc3ccc(OC4CCCC4)nc3)cc2)C1.[HH].